The van der Waals surface area contributed by atoms with Gasteiger partial charge in [-0.15, -0.1) is 11.3 Å². The van der Waals surface area contributed by atoms with E-state index in [1.54, 1.807) is 36.4 Å². The molecule has 3 aromatic rings. The number of carbonyl (C=O) groups excluding carboxylic acids is 1. The Labute approximate surface area is 263 Å². The van der Waals surface area contributed by atoms with Crippen molar-refractivity contribution in [2.75, 3.05) is 69.0 Å². The number of carbonyl (C=O) groups is 1. The van der Waals surface area contributed by atoms with Gasteiger partial charge >= 0.3 is 6.18 Å². The van der Waals surface area contributed by atoms with E-state index in [0.717, 1.165) is 17.9 Å². The average Bonchev–Trinajstić information content (AvgIpc) is 3.32. The number of piperidine rings is 1. The van der Waals surface area contributed by atoms with Gasteiger partial charge in [0.05, 0.1) is 58.6 Å². The van der Waals surface area contributed by atoms with Gasteiger partial charge in [0.15, 0.2) is 9.84 Å². The van der Waals surface area contributed by atoms with Crippen LogP contribution in [0.5, 0.6) is 5.75 Å². The Kier molecular flexibility index (Phi) is 9.81. The molecule has 2 aliphatic heterocycles. The second-order valence-corrected chi connectivity index (χ2v) is 14.5. The minimum absolute atomic E-state index is 0.0765. The molecule has 1 aromatic heterocycles. The summed E-state index contributed by atoms with van der Waals surface area (Å²) >= 11 is 1.15. The normalized spacial score (nSPS) is 20.4. The number of benzene rings is 2. The van der Waals surface area contributed by atoms with Gasteiger partial charge in [-0.3, -0.25) is 4.79 Å². The third-order valence-corrected chi connectivity index (χ3v) is 10.7. The molecule has 2 saturated heterocycles. The number of thiophene rings is 1. The lowest BCUT2D eigenvalue weighted by molar-refractivity contribution is -0.126. The minimum atomic E-state index is -4.45. The van der Waals surface area contributed by atoms with Crippen molar-refractivity contribution < 1.29 is 35.5 Å². The van der Waals surface area contributed by atoms with Gasteiger partial charge in [0.2, 0.25) is 0 Å². The first-order valence-electron chi connectivity index (χ1n) is 14.4. The highest BCUT2D eigenvalue weighted by Crippen LogP contribution is 2.39. The quantitative estimate of drug-likeness (QED) is 0.277. The van der Waals surface area contributed by atoms with E-state index in [1.807, 2.05) is 11.9 Å². The molecule has 2 fully saturated rings. The number of ether oxygens (including phenoxy) is 1. The van der Waals surface area contributed by atoms with Crippen LogP contribution in [-0.4, -0.2) is 101 Å². The second-order valence-electron chi connectivity index (χ2n) is 11.2. The van der Waals surface area contributed by atoms with Crippen molar-refractivity contribution in [3.8, 4) is 17.6 Å². The van der Waals surface area contributed by atoms with Gasteiger partial charge in [-0.2, -0.15) is 13.2 Å². The number of nitrogens with one attached hydrogen (secondary N) is 2. The lowest BCUT2D eigenvalue weighted by Gasteiger charge is -2.33. The number of amides is 1. The van der Waals surface area contributed by atoms with E-state index in [0.29, 0.717) is 39.2 Å². The Morgan fingerprint density at radius 3 is 2.58 bits per heavy atom. The number of halogens is 4. The van der Waals surface area contributed by atoms with Crippen LogP contribution in [0.25, 0.3) is 10.1 Å². The Balaban J connectivity index is 1.33. The van der Waals surface area contributed by atoms with Crippen molar-refractivity contribution in [3.05, 3.63) is 52.4 Å². The molecule has 8 nitrogen and oxygen atoms in total. The zero-order chi connectivity index (χ0) is 32.4. The summed E-state index contributed by atoms with van der Waals surface area (Å²) in [6, 6.07) is 9.42. The summed E-state index contributed by atoms with van der Waals surface area (Å²) in [5.41, 5.74) is 1.55. The molecule has 14 heteroatoms. The fraction of sp³-hybridized carbons (Fsp3) is 0.452. The number of methoxy groups -OCH3 is 1. The molecule has 2 N–H and O–H groups in total. The lowest BCUT2D eigenvalue weighted by Crippen LogP contribution is -2.46. The summed E-state index contributed by atoms with van der Waals surface area (Å²) in [4.78, 5) is 16.6. The number of sulfone groups is 1. The first kappa shape index (κ1) is 32.8. The van der Waals surface area contributed by atoms with Crippen molar-refractivity contribution in [1.29, 1.82) is 0 Å². The summed E-state index contributed by atoms with van der Waals surface area (Å²) in [7, 11) is 0.164. The van der Waals surface area contributed by atoms with E-state index >= 15 is 0 Å². The van der Waals surface area contributed by atoms with E-state index in [9.17, 15) is 30.8 Å². The third-order valence-electron chi connectivity index (χ3n) is 7.93. The van der Waals surface area contributed by atoms with Crippen LogP contribution in [0, 0.1) is 11.8 Å². The van der Waals surface area contributed by atoms with Crippen LogP contribution in [0.2, 0.25) is 0 Å². The molecule has 0 bridgehead atoms. The number of rotatable bonds is 7. The average molecular weight is 667 g/mol. The molecule has 2 atom stereocenters. The highest BCUT2D eigenvalue weighted by molar-refractivity contribution is 7.91. The predicted molar refractivity (Wildman–Crippen MR) is 169 cm³/mol. The number of alkyl halides is 4. The van der Waals surface area contributed by atoms with E-state index < -0.39 is 34.6 Å². The third kappa shape index (κ3) is 8.01. The van der Waals surface area contributed by atoms with Gasteiger partial charge in [0.25, 0.3) is 5.91 Å². The Bertz CT molecular complexity index is 1720. The maximum absolute atomic E-state index is 14.7. The van der Waals surface area contributed by atoms with Crippen molar-refractivity contribution in [1.82, 2.24) is 9.80 Å². The van der Waals surface area contributed by atoms with Crippen LogP contribution in [0.4, 0.5) is 28.9 Å². The summed E-state index contributed by atoms with van der Waals surface area (Å²) in [6.07, 6.45) is -6.11. The van der Waals surface area contributed by atoms with E-state index in [4.69, 9.17) is 4.74 Å². The molecule has 0 spiro atoms. The molecule has 0 aliphatic carbocycles. The molecule has 3 heterocycles. The van der Waals surface area contributed by atoms with E-state index in [2.05, 4.69) is 22.5 Å². The van der Waals surface area contributed by atoms with Crippen molar-refractivity contribution in [2.45, 2.75) is 31.2 Å². The SMILES string of the molecule is COc1cc(C(=O)N2CCS(=O)(=O)CC2)ccc1NCC#Cc1sc2c(N[C@H]3CCN(C)C[C@H]3F)cccc2c1CC(F)(F)F. The number of hydrogen-bond acceptors (Lipinski definition) is 8. The molecule has 45 heavy (non-hydrogen) atoms. The van der Waals surface area contributed by atoms with Crippen molar-refractivity contribution >= 4 is 48.5 Å². The Morgan fingerprint density at radius 2 is 1.89 bits per heavy atom. The summed E-state index contributed by atoms with van der Waals surface area (Å²) in [5.74, 6) is 5.72. The molecule has 0 unspecified atom stereocenters. The van der Waals surface area contributed by atoms with Gasteiger partial charge in [-0.1, -0.05) is 24.0 Å². The van der Waals surface area contributed by atoms with Crippen molar-refractivity contribution in [2.24, 2.45) is 0 Å². The minimum Gasteiger partial charge on any atom is -0.495 e. The lowest BCUT2D eigenvalue weighted by atomic mass is 10.0. The monoisotopic (exact) mass is 666 g/mol. The Hall–Kier alpha value is -3.54. The smallest absolute Gasteiger partial charge is 0.393 e. The van der Waals surface area contributed by atoms with Crippen LogP contribution in [0.3, 0.4) is 0 Å². The maximum atomic E-state index is 14.7. The zero-order valence-electron chi connectivity index (χ0n) is 24.8. The Morgan fingerprint density at radius 1 is 1.13 bits per heavy atom. The summed E-state index contributed by atoms with van der Waals surface area (Å²) < 4.78 is 85.1. The molecule has 0 radical (unpaired) electrons. The van der Waals surface area contributed by atoms with Gasteiger partial charge in [0, 0.05) is 31.7 Å². The fourth-order valence-corrected chi connectivity index (χ4v) is 7.88. The largest absolute Gasteiger partial charge is 0.495 e. The second kappa shape index (κ2) is 13.4. The van der Waals surface area contributed by atoms with Crippen molar-refractivity contribution in [3.63, 3.8) is 0 Å². The molecular formula is C31H34F4N4O4S2. The molecule has 2 aliphatic rings. The number of anilines is 2. The summed E-state index contributed by atoms with van der Waals surface area (Å²) in [5, 5.41) is 6.76. The fourth-order valence-electron chi connectivity index (χ4n) is 5.51. The maximum Gasteiger partial charge on any atom is 0.393 e. The van der Waals surface area contributed by atoms with Crippen LogP contribution >= 0.6 is 11.3 Å². The van der Waals surface area contributed by atoms with Crippen LogP contribution in [-0.2, 0) is 16.3 Å². The van der Waals surface area contributed by atoms with E-state index in [1.165, 1.54) is 12.0 Å². The molecule has 2 aromatic carbocycles. The molecule has 242 valence electrons. The first-order valence-corrected chi connectivity index (χ1v) is 17.1. The van der Waals surface area contributed by atoms with Gasteiger partial charge in [-0.05, 0) is 48.7 Å². The van der Waals surface area contributed by atoms with Crippen LogP contribution in [0.1, 0.15) is 27.2 Å². The molecule has 5 rings (SSSR count). The molecular weight excluding hydrogens is 632 g/mol. The van der Waals surface area contributed by atoms with Crippen LogP contribution < -0.4 is 15.4 Å². The standard InChI is InChI=1S/C31H34F4N4O4S2/c1-38-12-10-24(23(32)19-38)37-26-6-3-5-21-22(18-31(33,34)35)28(44-29(21)26)7-4-11-36-25-9-8-20(17-27(25)43-2)30(40)39-13-15-45(41,42)16-14-39/h3,5-6,8-9,17,23-24,36-37H,10-16,18-19H2,1-2H3/t23-,24+/m1/s1. The number of likely N-dealkylation sites (tertiary alicyclic amines) is 1. The predicted octanol–water partition coefficient (Wildman–Crippen LogP) is 4.80. The number of hydrogen-bond donors (Lipinski definition) is 2. The number of nitrogens with zero attached hydrogens (tertiary/aromatic N) is 2. The van der Waals surface area contributed by atoms with Gasteiger partial charge in [0.1, 0.15) is 11.9 Å². The highest BCUT2D eigenvalue weighted by atomic mass is 32.2. The molecule has 1 amide bonds. The van der Waals surface area contributed by atoms with Gasteiger partial charge in [-0.25, -0.2) is 12.8 Å². The number of fused-ring (bicyclic) bond motifs is 1. The highest BCUT2D eigenvalue weighted by Gasteiger charge is 2.32. The first-order chi connectivity index (χ1) is 21.3. The molecule has 0 saturated carbocycles. The summed E-state index contributed by atoms with van der Waals surface area (Å²) in [6.45, 7) is 1.34. The zero-order valence-corrected chi connectivity index (χ0v) is 26.5. The van der Waals surface area contributed by atoms with Gasteiger partial charge < -0.3 is 25.2 Å². The topological polar surface area (TPSA) is 91.0 Å². The van der Waals surface area contributed by atoms with Crippen LogP contribution in [0.15, 0.2) is 36.4 Å². The van der Waals surface area contributed by atoms with E-state index in [-0.39, 0.29) is 54.0 Å².